The number of allylic oxidation sites excluding steroid dienone is 1. The Balaban J connectivity index is 1.70. The number of hydrogen-bond donors (Lipinski definition) is 0. The third-order valence-electron chi connectivity index (χ3n) is 4.07. The van der Waals surface area contributed by atoms with E-state index >= 15 is 0 Å². The number of hydrogen-bond acceptors (Lipinski definition) is 7. The predicted octanol–water partition coefficient (Wildman–Crippen LogP) is 2.43. The molecule has 0 amide bonds. The Labute approximate surface area is 150 Å². The second-order valence-electron chi connectivity index (χ2n) is 5.87. The highest BCUT2D eigenvalue weighted by Crippen LogP contribution is 2.20. The lowest BCUT2D eigenvalue weighted by atomic mass is 10.1. The van der Waals surface area contributed by atoms with Crippen molar-refractivity contribution in [2.24, 2.45) is 0 Å². The molecule has 0 aliphatic carbocycles. The Bertz CT molecular complexity index is 843. The van der Waals surface area contributed by atoms with Gasteiger partial charge in [-0.3, -0.25) is 14.9 Å². The fourth-order valence-corrected chi connectivity index (χ4v) is 2.57. The van der Waals surface area contributed by atoms with Gasteiger partial charge in [0.2, 0.25) is 5.95 Å². The molecule has 1 fully saturated rings. The van der Waals surface area contributed by atoms with E-state index in [0.717, 1.165) is 13.1 Å². The smallest absolute Gasteiger partial charge is 0.273 e. The van der Waals surface area contributed by atoms with Crippen LogP contribution in [0, 0.1) is 17.0 Å². The average Bonchev–Trinajstić information content (AvgIpc) is 2.67. The number of benzene rings is 1. The van der Waals surface area contributed by atoms with Gasteiger partial charge in [0.1, 0.15) is 0 Å². The quantitative estimate of drug-likeness (QED) is 0.352. The number of nitrogens with zero attached hydrogens (tertiary/aromatic N) is 4. The minimum atomic E-state index is -0.492. The first-order valence-corrected chi connectivity index (χ1v) is 8.17. The largest absolute Gasteiger partial charge is 0.378 e. The molecule has 8 heteroatoms. The lowest BCUT2D eigenvalue weighted by Crippen LogP contribution is -2.37. The Morgan fingerprint density at radius 1 is 1.27 bits per heavy atom. The van der Waals surface area contributed by atoms with Crippen LogP contribution in [-0.4, -0.2) is 47.0 Å². The van der Waals surface area contributed by atoms with Crippen LogP contribution >= 0.6 is 0 Å². The molecule has 0 N–H and O–H groups in total. The van der Waals surface area contributed by atoms with Gasteiger partial charge in [-0.2, -0.15) is 0 Å². The molecule has 0 atom stereocenters. The summed E-state index contributed by atoms with van der Waals surface area (Å²) in [7, 11) is 0. The highest BCUT2D eigenvalue weighted by Gasteiger charge is 2.14. The van der Waals surface area contributed by atoms with Crippen LogP contribution in [0.3, 0.4) is 0 Å². The lowest BCUT2D eigenvalue weighted by Gasteiger charge is -2.26. The summed E-state index contributed by atoms with van der Waals surface area (Å²) in [5, 5.41) is 11.0. The molecule has 1 aliphatic rings. The standard InChI is InChI=1S/C18H18N4O4/c1-13-2-4-15(10-16(13)22(24)25)17(23)5-3-14-11-19-18(20-12-14)21-6-8-26-9-7-21/h2-5,10-12H,6-9H2,1H3/b5-3+. The molecular weight excluding hydrogens is 336 g/mol. The third kappa shape index (κ3) is 4.09. The van der Waals surface area contributed by atoms with Crippen LogP contribution in [-0.2, 0) is 4.74 Å². The van der Waals surface area contributed by atoms with E-state index in [-0.39, 0.29) is 17.0 Å². The number of rotatable bonds is 5. The number of nitro benzene ring substituents is 1. The summed E-state index contributed by atoms with van der Waals surface area (Å²) in [6.45, 7) is 4.44. The number of carbonyl (C=O) groups is 1. The molecule has 0 spiro atoms. The maximum atomic E-state index is 12.2. The van der Waals surface area contributed by atoms with E-state index in [1.54, 1.807) is 37.5 Å². The summed E-state index contributed by atoms with van der Waals surface area (Å²) in [6.07, 6.45) is 6.23. The van der Waals surface area contributed by atoms with Crippen LogP contribution in [0.1, 0.15) is 21.5 Å². The van der Waals surface area contributed by atoms with Crippen LogP contribution in [0.2, 0.25) is 0 Å². The zero-order chi connectivity index (χ0) is 18.5. The maximum absolute atomic E-state index is 12.2. The van der Waals surface area contributed by atoms with Crippen LogP contribution in [0.25, 0.3) is 6.08 Å². The van der Waals surface area contributed by atoms with Crippen molar-refractivity contribution in [3.05, 3.63) is 63.5 Å². The number of nitro groups is 1. The number of carbonyl (C=O) groups excluding carboxylic acids is 1. The summed E-state index contributed by atoms with van der Waals surface area (Å²) in [6, 6.07) is 4.44. The molecule has 0 saturated carbocycles. The molecule has 8 nitrogen and oxygen atoms in total. The van der Waals surface area contributed by atoms with Crippen molar-refractivity contribution in [1.29, 1.82) is 0 Å². The molecule has 26 heavy (non-hydrogen) atoms. The van der Waals surface area contributed by atoms with E-state index in [4.69, 9.17) is 4.74 Å². The zero-order valence-electron chi connectivity index (χ0n) is 14.3. The predicted molar refractivity (Wildman–Crippen MR) is 96.3 cm³/mol. The third-order valence-corrected chi connectivity index (χ3v) is 4.07. The monoisotopic (exact) mass is 354 g/mol. The number of aryl methyl sites for hydroxylation is 1. The number of ketones is 1. The van der Waals surface area contributed by atoms with Crippen molar-refractivity contribution in [2.75, 3.05) is 31.2 Å². The molecule has 0 bridgehead atoms. The van der Waals surface area contributed by atoms with Gasteiger partial charge in [0.15, 0.2) is 5.78 Å². The second-order valence-corrected chi connectivity index (χ2v) is 5.87. The summed E-state index contributed by atoms with van der Waals surface area (Å²) in [5.74, 6) is 0.316. The number of morpholine rings is 1. The van der Waals surface area contributed by atoms with Crippen molar-refractivity contribution >= 4 is 23.5 Å². The van der Waals surface area contributed by atoms with E-state index in [9.17, 15) is 14.9 Å². The first-order valence-electron chi connectivity index (χ1n) is 8.17. The van der Waals surface area contributed by atoms with Gasteiger partial charge in [-0.05, 0) is 19.1 Å². The highest BCUT2D eigenvalue weighted by atomic mass is 16.6. The zero-order valence-corrected chi connectivity index (χ0v) is 14.3. The summed E-state index contributed by atoms with van der Waals surface area (Å²) in [4.78, 5) is 33.4. The molecule has 134 valence electrons. The van der Waals surface area contributed by atoms with Gasteiger partial charge in [-0.25, -0.2) is 9.97 Å². The van der Waals surface area contributed by atoms with Gasteiger partial charge < -0.3 is 9.64 Å². The highest BCUT2D eigenvalue weighted by molar-refractivity contribution is 6.07. The Morgan fingerprint density at radius 3 is 2.62 bits per heavy atom. The second kappa shape index (κ2) is 7.83. The average molecular weight is 354 g/mol. The van der Waals surface area contributed by atoms with Gasteiger partial charge in [0, 0.05) is 48.2 Å². The fraction of sp³-hybridized carbons (Fsp3) is 0.278. The van der Waals surface area contributed by atoms with Crippen molar-refractivity contribution in [2.45, 2.75) is 6.92 Å². The molecule has 1 aromatic carbocycles. The van der Waals surface area contributed by atoms with Crippen LogP contribution < -0.4 is 4.90 Å². The topological polar surface area (TPSA) is 98.5 Å². The maximum Gasteiger partial charge on any atom is 0.273 e. The molecule has 1 saturated heterocycles. The molecule has 1 aliphatic heterocycles. The Morgan fingerprint density at radius 2 is 1.96 bits per heavy atom. The Kier molecular flexibility index (Phi) is 5.33. The van der Waals surface area contributed by atoms with E-state index in [1.807, 2.05) is 4.90 Å². The van der Waals surface area contributed by atoms with Crippen molar-refractivity contribution in [3.8, 4) is 0 Å². The van der Waals surface area contributed by atoms with Gasteiger partial charge in [0.25, 0.3) is 5.69 Å². The number of anilines is 1. The van der Waals surface area contributed by atoms with Crippen LogP contribution in [0.4, 0.5) is 11.6 Å². The lowest BCUT2D eigenvalue weighted by molar-refractivity contribution is -0.385. The van der Waals surface area contributed by atoms with E-state index in [0.29, 0.717) is 30.3 Å². The SMILES string of the molecule is Cc1ccc(C(=O)/C=C/c2cnc(N3CCOCC3)nc2)cc1[N+](=O)[O-]. The minimum Gasteiger partial charge on any atom is -0.378 e. The van der Waals surface area contributed by atoms with Crippen molar-refractivity contribution in [1.82, 2.24) is 9.97 Å². The molecule has 0 unspecified atom stereocenters. The van der Waals surface area contributed by atoms with E-state index in [2.05, 4.69) is 9.97 Å². The fourth-order valence-electron chi connectivity index (χ4n) is 2.57. The summed E-state index contributed by atoms with van der Waals surface area (Å²) >= 11 is 0. The van der Waals surface area contributed by atoms with Crippen molar-refractivity contribution in [3.63, 3.8) is 0 Å². The summed E-state index contributed by atoms with van der Waals surface area (Å²) < 4.78 is 5.29. The molecule has 3 rings (SSSR count). The van der Waals surface area contributed by atoms with Crippen LogP contribution in [0.5, 0.6) is 0 Å². The van der Waals surface area contributed by atoms with Gasteiger partial charge in [-0.15, -0.1) is 0 Å². The van der Waals surface area contributed by atoms with Gasteiger partial charge >= 0.3 is 0 Å². The normalized spacial score (nSPS) is 14.6. The molecule has 2 heterocycles. The molecule has 2 aromatic rings. The number of ether oxygens (including phenoxy) is 1. The molecule has 1 aromatic heterocycles. The molecular formula is C18H18N4O4. The first kappa shape index (κ1) is 17.7. The van der Waals surface area contributed by atoms with Crippen molar-refractivity contribution < 1.29 is 14.5 Å². The van der Waals surface area contributed by atoms with Gasteiger partial charge in [-0.1, -0.05) is 12.1 Å². The minimum absolute atomic E-state index is 0.0672. The van der Waals surface area contributed by atoms with Crippen LogP contribution in [0.15, 0.2) is 36.7 Å². The van der Waals surface area contributed by atoms with E-state index < -0.39 is 4.92 Å². The first-order chi connectivity index (χ1) is 12.5. The number of aromatic nitrogens is 2. The summed E-state index contributed by atoms with van der Waals surface area (Å²) in [5.41, 5.74) is 1.39. The van der Waals surface area contributed by atoms with E-state index in [1.165, 1.54) is 12.1 Å². The van der Waals surface area contributed by atoms with Gasteiger partial charge in [0.05, 0.1) is 18.1 Å². The molecule has 0 radical (unpaired) electrons. The Hall–Kier alpha value is -3.13.